The van der Waals surface area contributed by atoms with E-state index in [4.69, 9.17) is 0 Å². The molecule has 3 heteroatoms. The molecule has 0 saturated heterocycles. The van der Waals surface area contributed by atoms with Gasteiger partial charge in [-0.3, -0.25) is 4.79 Å². The van der Waals surface area contributed by atoms with Gasteiger partial charge in [0.2, 0.25) is 0 Å². The Balaban J connectivity index is 4.65. The largest absolute Gasteiger partial charge is 0.304 e. The van der Waals surface area contributed by atoms with E-state index in [1.807, 2.05) is 11.8 Å². The maximum absolute atomic E-state index is 11.6. The lowest BCUT2D eigenvalue weighted by molar-refractivity contribution is -0.119. The smallest absolute Gasteiger partial charge is 0.148 e. The first-order chi connectivity index (χ1) is 6.66. The van der Waals surface area contributed by atoms with Crippen molar-refractivity contribution in [1.82, 2.24) is 5.32 Å². The van der Waals surface area contributed by atoms with Crippen LogP contribution in [0.3, 0.4) is 0 Å². The van der Waals surface area contributed by atoms with Crippen LogP contribution in [-0.4, -0.2) is 27.9 Å². The van der Waals surface area contributed by atoms with Crippen LogP contribution in [0.2, 0.25) is 0 Å². The molecule has 0 radical (unpaired) electrons. The Labute approximate surface area is 98.6 Å². The number of ketones is 1. The zero-order valence-corrected chi connectivity index (χ0v) is 11.9. The molecular weight excluding hydrogens is 206 g/mol. The first kappa shape index (κ1) is 15.0. The molecule has 0 aromatic carbocycles. The second-order valence-corrected chi connectivity index (χ2v) is 7.37. The highest BCUT2D eigenvalue weighted by atomic mass is 32.2. The monoisotopic (exact) mass is 231 g/mol. The first-order valence-electron chi connectivity index (χ1n) is 5.61. The van der Waals surface area contributed by atoms with Crippen molar-refractivity contribution in [2.24, 2.45) is 0 Å². The van der Waals surface area contributed by atoms with Gasteiger partial charge in [-0.25, -0.2) is 0 Å². The zero-order chi connectivity index (χ0) is 12.2. The molecule has 0 aliphatic rings. The van der Waals surface area contributed by atoms with Gasteiger partial charge >= 0.3 is 0 Å². The summed E-state index contributed by atoms with van der Waals surface area (Å²) in [4.78, 5) is 11.6. The predicted molar refractivity (Wildman–Crippen MR) is 69.5 cm³/mol. The fourth-order valence-electron chi connectivity index (χ4n) is 1.82. The van der Waals surface area contributed by atoms with Crippen LogP contribution >= 0.6 is 11.8 Å². The summed E-state index contributed by atoms with van der Waals surface area (Å²) < 4.78 is -0.0513. The minimum Gasteiger partial charge on any atom is -0.304 e. The Morgan fingerprint density at radius 2 is 1.67 bits per heavy atom. The van der Waals surface area contributed by atoms with E-state index in [9.17, 15) is 4.79 Å². The Morgan fingerprint density at radius 1 is 1.20 bits per heavy atom. The number of nitrogens with one attached hydrogen (secondary N) is 1. The van der Waals surface area contributed by atoms with Crippen LogP contribution in [0.4, 0.5) is 0 Å². The van der Waals surface area contributed by atoms with Gasteiger partial charge in [0.15, 0.2) is 0 Å². The molecule has 15 heavy (non-hydrogen) atoms. The molecule has 0 spiro atoms. The van der Waals surface area contributed by atoms with Crippen molar-refractivity contribution in [1.29, 1.82) is 0 Å². The van der Waals surface area contributed by atoms with Crippen molar-refractivity contribution in [2.75, 3.05) is 0 Å². The van der Waals surface area contributed by atoms with Crippen molar-refractivity contribution in [3.8, 4) is 0 Å². The summed E-state index contributed by atoms with van der Waals surface area (Å²) in [6, 6.07) is 0.274. The number of carbonyl (C=O) groups is 1. The average molecular weight is 231 g/mol. The van der Waals surface area contributed by atoms with Crippen LogP contribution < -0.4 is 5.32 Å². The molecule has 0 aromatic heterocycles. The maximum atomic E-state index is 11.6. The third-order valence-corrected chi connectivity index (χ3v) is 3.46. The molecule has 0 saturated carbocycles. The minimum absolute atomic E-state index is 0.0513. The van der Waals surface area contributed by atoms with E-state index in [1.165, 1.54) is 0 Å². The number of carbonyl (C=O) groups excluding carboxylic acids is 1. The van der Waals surface area contributed by atoms with E-state index in [1.54, 1.807) is 6.92 Å². The number of rotatable bonds is 6. The Bertz CT molecular complexity index is 212. The zero-order valence-electron chi connectivity index (χ0n) is 11.0. The number of hydrogen-bond acceptors (Lipinski definition) is 3. The molecule has 1 unspecified atom stereocenters. The van der Waals surface area contributed by atoms with E-state index < -0.39 is 0 Å². The normalized spacial score (nSPS) is 14.7. The standard InChI is InChI=1S/C12H25NOS/c1-8(2)13-11(10(5)14)12(6,7)15-9(3)4/h8-9,11,13H,1-7H3. The topological polar surface area (TPSA) is 29.1 Å². The SMILES string of the molecule is CC(=O)C(NC(C)C)C(C)(C)SC(C)C. The van der Waals surface area contributed by atoms with Gasteiger partial charge in [-0.2, -0.15) is 11.8 Å². The lowest BCUT2D eigenvalue weighted by atomic mass is 9.99. The second kappa shape index (κ2) is 5.90. The van der Waals surface area contributed by atoms with Gasteiger partial charge in [0.1, 0.15) is 5.78 Å². The van der Waals surface area contributed by atoms with Crippen molar-refractivity contribution >= 4 is 17.5 Å². The van der Waals surface area contributed by atoms with Crippen LogP contribution in [0.25, 0.3) is 0 Å². The minimum atomic E-state index is -0.0649. The van der Waals surface area contributed by atoms with Crippen molar-refractivity contribution in [3.63, 3.8) is 0 Å². The Morgan fingerprint density at radius 3 is 1.93 bits per heavy atom. The Kier molecular flexibility index (Phi) is 5.89. The molecule has 0 aliphatic carbocycles. The molecular formula is C12H25NOS. The fourth-order valence-corrected chi connectivity index (χ4v) is 3.40. The molecule has 0 aromatic rings. The summed E-state index contributed by atoms with van der Waals surface area (Å²) in [6.45, 7) is 14.4. The van der Waals surface area contributed by atoms with Crippen LogP contribution in [0, 0.1) is 0 Å². The first-order valence-corrected chi connectivity index (χ1v) is 6.49. The molecule has 1 N–H and O–H groups in total. The second-order valence-electron chi connectivity index (χ2n) is 5.14. The summed E-state index contributed by atoms with van der Waals surface area (Å²) in [6.07, 6.45) is 0. The van der Waals surface area contributed by atoms with Crippen LogP contribution in [0.15, 0.2) is 0 Å². The molecule has 0 amide bonds. The molecule has 0 rings (SSSR count). The van der Waals surface area contributed by atoms with Crippen molar-refractivity contribution in [3.05, 3.63) is 0 Å². The van der Waals surface area contributed by atoms with Crippen LogP contribution in [0.5, 0.6) is 0 Å². The quantitative estimate of drug-likeness (QED) is 0.762. The van der Waals surface area contributed by atoms with E-state index in [0.717, 1.165) is 0 Å². The van der Waals surface area contributed by atoms with E-state index in [0.29, 0.717) is 11.3 Å². The molecule has 90 valence electrons. The number of hydrogen-bond donors (Lipinski definition) is 1. The van der Waals surface area contributed by atoms with Crippen molar-refractivity contribution < 1.29 is 4.79 Å². The highest BCUT2D eigenvalue weighted by molar-refractivity contribution is 8.01. The molecule has 0 heterocycles. The van der Waals surface area contributed by atoms with Gasteiger partial charge < -0.3 is 5.32 Å². The summed E-state index contributed by atoms with van der Waals surface area (Å²) in [7, 11) is 0. The lowest BCUT2D eigenvalue weighted by Crippen LogP contribution is -2.52. The highest BCUT2D eigenvalue weighted by Gasteiger charge is 2.34. The third-order valence-electron chi connectivity index (χ3n) is 2.14. The summed E-state index contributed by atoms with van der Waals surface area (Å²) in [5.74, 6) is 0.224. The van der Waals surface area contributed by atoms with Gasteiger partial charge in [-0.05, 0) is 26.0 Å². The molecule has 2 nitrogen and oxygen atoms in total. The maximum Gasteiger partial charge on any atom is 0.148 e. The van der Waals surface area contributed by atoms with Gasteiger partial charge in [-0.15, -0.1) is 0 Å². The number of thioether (sulfide) groups is 1. The summed E-state index contributed by atoms with van der Waals surface area (Å²) in [5.41, 5.74) is 0. The molecule has 0 aliphatic heterocycles. The van der Waals surface area contributed by atoms with Gasteiger partial charge in [0.25, 0.3) is 0 Å². The third kappa shape index (κ3) is 5.57. The van der Waals surface area contributed by atoms with E-state index in [2.05, 4.69) is 46.9 Å². The summed E-state index contributed by atoms with van der Waals surface area (Å²) in [5, 5.41) is 3.89. The average Bonchev–Trinajstić information content (AvgIpc) is 1.96. The predicted octanol–water partition coefficient (Wildman–Crippen LogP) is 2.86. The highest BCUT2D eigenvalue weighted by Crippen LogP contribution is 2.32. The molecule has 0 bridgehead atoms. The van der Waals surface area contributed by atoms with Crippen LogP contribution in [-0.2, 0) is 4.79 Å². The van der Waals surface area contributed by atoms with Crippen molar-refractivity contribution in [2.45, 2.75) is 70.5 Å². The van der Waals surface area contributed by atoms with Gasteiger partial charge in [-0.1, -0.05) is 27.7 Å². The molecule has 0 fully saturated rings. The molecule has 1 atom stereocenters. The number of Topliss-reactive ketones (excluding diaryl/α,β-unsaturated/α-hetero) is 1. The lowest BCUT2D eigenvalue weighted by Gasteiger charge is -2.35. The van der Waals surface area contributed by atoms with Gasteiger partial charge in [0, 0.05) is 10.8 Å². The summed E-state index contributed by atoms with van der Waals surface area (Å²) >= 11 is 1.85. The van der Waals surface area contributed by atoms with E-state index >= 15 is 0 Å². The van der Waals surface area contributed by atoms with Crippen LogP contribution in [0.1, 0.15) is 48.5 Å². The van der Waals surface area contributed by atoms with E-state index in [-0.39, 0.29) is 16.6 Å². The van der Waals surface area contributed by atoms with Gasteiger partial charge in [0.05, 0.1) is 6.04 Å². The Hall–Kier alpha value is -0.0200. The fraction of sp³-hybridized carbons (Fsp3) is 0.917.